The zero-order chi connectivity index (χ0) is 20.1. The number of benzene rings is 1. The van der Waals surface area contributed by atoms with Crippen molar-refractivity contribution >= 4 is 41.3 Å². The number of aliphatic imine (C=N–C) groups is 1. The highest BCUT2D eigenvalue weighted by Crippen LogP contribution is 2.27. The average Bonchev–Trinajstić information content (AvgIpc) is 3.06. The Balaban J connectivity index is 0.00000300. The fourth-order valence-electron chi connectivity index (χ4n) is 3.52. The Bertz CT molecular complexity index is 813. The molecular formula is C21H31FIN5S. The van der Waals surface area contributed by atoms with E-state index >= 15 is 0 Å². The van der Waals surface area contributed by atoms with E-state index in [2.05, 4.69) is 15.2 Å². The van der Waals surface area contributed by atoms with Crippen LogP contribution < -0.4 is 5.32 Å². The number of rotatable bonds is 6. The van der Waals surface area contributed by atoms with Crippen molar-refractivity contribution < 1.29 is 4.39 Å². The highest BCUT2D eigenvalue weighted by atomic mass is 127. The first-order chi connectivity index (χ1) is 13.5. The smallest absolute Gasteiger partial charge is 0.194 e. The summed E-state index contributed by atoms with van der Waals surface area (Å²) in [6, 6.07) is 5.29. The average molecular weight is 531 g/mol. The zero-order valence-corrected chi connectivity index (χ0v) is 20.8. The van der Waals surface area contributed by atoms with Crippen molar-refractivity contribution in [1.82, 2.24) is 20.1 Å². The fraction of sp³-hybridized carbons (Fsp3) is 0.524. The van der Waals surface area contributed by atoms with Crippen LogP contribution in [0.5, 0.6) is 0 Å². The maximum atomic E-state index is 14.0. The molecule has 3 rings (SSSR count). The summed E-state index contributed by atoms with van der Waals surface area (Å²) in [6.45, 7) is 1.93. The fourth-order valence-corrected chi connectivity index (χ4v) is 4.73. The maximum absolute atomic E-state index is 14.0. The van der Waals surface area contributed by atoms with Crippen molar-refractivity contribution in [2.75, 3.05) is 28.2 Å². The molecule has 1 aromatic carbocycles. The molecule has 0 saturated carbocycles. The van der Waals surface area contributed by atoms with E-state index in [0.29, 0.717) is 18.7 Å². The van der Waals surface area contributed by atoms with Crippen LogP contribution in [0.3, 0.4) is 0 Å². The minimum Gasteiger partial charge on any atom is -0.352 e. The predicted octanol–water partition coefficient (Wildman–Crippen LogP) is 4.05. The van der Waals surface area contributed by atoms with E-state index in [0.717, 1.165) is 29.5 Å². The van der Waals surface area contributed by atoms with Gasteiger partial charge in [-0.3, -0.25) is 4.99 Å². The van der Waals surface area contributed by atoms with Crippen LogP contribution in [0.1, 0.15) is 39.5 Å². The second kappa shape index (κ2) is 11.2. The first kappa shape index (κ1) is 24.0. The van der Waals surface area contributed by atoms with Gasteiger partial charge in [-0.25, -0.2) is 9.37 Å². The topological polar surface area (TPSA) is 43.8 Å². The molecule has 8 heteroatoms. The summed E-state index contributed by atoms with van der Waals surface area (Å²) in [7, 11) is 7.70. The molecule has 0 amide bonds. The summed E-state index contributed by atoms with van der Waals surface area (Å²) in [5.41, 5.74) is 3.04. The first-order valence-electron chi connectivity index (χ1n) is 9.77. The van der Waals surface area contributed by atoms with Crippen LogP contribution in [-0.4, -0.2) is 48.9 Å². The molecule has 0 aliphatic heterocycles. The Kier molecular flexibility index (Phi) is 9.29. The second-order valence-electron chi connectivity index (χ2n) is 7.60. The molecule has 29 heavy (non-hydrogen) atoms. The van der Waals surface area contributed by atoms with Crippen molar-refractivity contribution in [3.63, 3.8) is 0 Å². The number of hydrogen-bond acceptors (Lipinski definition) is 4. The summed E-state index contributed by atoms with van der Waals surface area (Å²) < 4.78 is 14.0. The molecule has 1 aromatic heterocycles. The van der Waals surface area contributed by atoms with Gasteiger partial charge in [0.25, 0.3) is 0 Å². The van der Waals surface area contributed by atoms with Crippen LogP contribution >= 0.6 is 35.3 Å². The number of halogens is 2. The predicted molar refractivity (Wildman–Crippen MR) is 130 cm³/mol. The third-order valence-electron chi connectivity index (χ3n) is 4.88. The van der Waals surface area contributed by atoms with Gasteiger partial charge in [0.15, 0.2) is 5.96 Å². The molecule has 2 aromatic rings. The van der Waals surface area contributed by atoms with Gasteiger partial charge >= 0.3 is 0 Å². The van der Waals surface area contributed by atoms with E-state index in [1.165, 1.54) is 29.8 Å². The van der Waals surface area contributed by atoms with Gasteiger partial charge < -0.3 is 15.1 Å². The monoisotopic (exact) mass is 531 g/mol. The van der Waals surface area contributed by atoms with Gasteiger partial charge in [0.2, 0.25) is 0 Å². The molecule has 1 aliphatic carbocycles. The molecule has 0 spiro atoms. The largest absolute Gasteiger partial charge is 0.352 e. The van der Waals surface area contributed by atoms with Crippen LogP contribution in [-0.2, 0) is 32.5 Å². The molecule has 1 aliphatic rings. The van der Waals surface area contributed by atoms with Gasteiger partial charge in [-0.05, 0) is 57.5 Å². The summed E-state index contributed by atoms with van der Waals surface area (Å²) in [4.78, 5) is 14.7. The lowest BCUT2D eigenvalue weighted by molar-refractivity contribution is 0.392. The van der Waals surface area contributed by atoms with E-state index in [9.17, 15) is 4.39 Å². The molecule has 1 heterocycles. The van der Waals surface area contributed by atoms with Crippen molar-refractivity contribution in [3.05, 3.63) is 50.7 Å². The summed E-state index contributed by atoms with van der Waals surface area (Å²) in [5, 5.41) is 4.53. The lowest BCUT2D eigenvalue weighted by Gasteiger charge is -2.21. The SMILES string of the molecule is CN=C(NCc1ccc(F)c(CN(C)C)c1)N(C)Cc1nc2c(s1)CCCC2.I. The number of aromatic nitrogens is 1. The maximum Gasteiger partial charge on any atom is 0.194 e. The van der Waals surface area contributed by atoms with Gasteiger partial charge in [0.05, 0.1) is 12.2 Å². The molecule has 0 bridgehead atoms. The van der Waals surface area contributed by atoms with Crippen LogP contribution in [0.2, 0.25) is 0 Å². The standard InChI is InChI=1S/C21H30FN5S.HI/c1-23-21(24-12-15-9-10-17(22)16(11-15)13-26(2)3)27(4)14-20-25-18-7-5-6-8-19(18)28-20;/h9-11H,5-8,12-14H2,1-4H3,(H,23,24);1H. The minimum atomic E-state index is -0.160. The van der Waals surface area contributed by atoms with E-state index in [4.69, 9.17) is 4.98 Å². The lowest BCUT2D eigenvalue weighted by atomic mass is 10.0. The Morgan fingerprint density at radius 2 is 1.97 bits per heavy atom. The van der Waals surface area contributed by atoms with Crippen LogP contribution in [0.25, 0.3) is 0 Å². The van der Waals surface area contributed by atoms with Gasteiger partial charge in [-0.2, -0.15) is 0 Å². The van der Waals surface area contributed by atoms with Crippen LogP contribution in [0.4, 0.5) is 4.39 Å². The van der Waals surface area contributed by atoms with Crippen molar-refractivity contribution in [3.8, 4) is 0 Å². The summed E-state index contributed by atoms with van der Waals surface area (Å²) in [5.74, 6) is 0.651. The normalized spacial score (nSPS) is 13.8. The number of fused-ring (bicyclic) bond motifs is 1. The highest BCUT2D eigenvalue weighted by Gasteiger charge is 2.17. The van der Waals surface area contributed by atoms with Crippen LogP contribution in [0, 0.1) is 5.82 Å². The van der Waals surface area contributed by atoms with Crippen molar-refractivity contribution in [1.29, 1.82) is 0 Å². The molecule has 0 unspecified atom stereocenters. The molecular weight excluding hydrogens is 500 g/mol. The Morgan fingerprint density at radius 3 is 2.66 bits per heavy atom. The quantitative estimate of drug-likeness (QED) is 0.347. The molecule has 0 fully saturated rings. The lowest BCUT2D eigenvalue weighted by Crippen LogP contribution is -2.38. The van der Waals surface area contributed by atoms with Crippen molar-refractivity contribution in [2.24, 2.45) is 4.99 Å². The molecule has 1 N–H and O–H groups in total. The number of hydrogen-bond donors (Lipinski definition) is 1. The number of guanidine groups is 1. The summed E-state index contributed by atoms with van der Waals surface area (Å²) >= 11 is 1.83. The third-order valence-corrected chi connectivity index (χ3v) is 6.03. The molecule has 5 nitrogen and oxygen atoms in total. The number of nitrogens with one attached hydrogen (secondary N) is 1. The highest BCUT2D eigenvalue weighted by molar-refractivity contribution is 14.0. The van der Waals surface area contributed by atoms with Gasteiger partial charge in [-0.15, -0.1) is 35.3 Å². The van der Waals surface area contributed by atoms with Crippen LogP contribution in [0.15, 0.2) is 23.2 Å². The van der Waals surface area contributed by atoms with Gasteiger partial charge in [0, 0.05) is 37.6 Å². The third kappa shape index (κ3) is 6.62. The number of thiazole rings is 1. The van der Waals surface area contributed by atoms with E-state index in [1.54, 1.807) is 13.1 Å². The van der Waals surface area contributed by atoms with Gasteiger partial charge in [0.1, 0.15) is 10.8 Å². The number of aryl methyl sites for hydroxylation is 2. The summed E-state index contributed by atoms with van der Waals surface area (Å²) in [6.07, 6.45) is 4.82. The minimum absolute atomic E-state index is 0. The van der Waals surface area contributed by atoms with E-state index in [1.807, 2.05) is 49.5 Å². The number of nitrogens with zero attached hydrogens (tertiary/aromatic N) is 4. The van der Waals surface area contributed by atoms with Crippen molar-refractivity contribution in [2.45, 2.75) is 45.3 Å². The Morgan fingerprint density at radius 1 is 1.21 bits per heavy atom. The molecule has 0 saturated heterocycles. The Hall–Kier alpha value is -1.26. The molecule has 0 radical (unpaired) electrons. The first-order valence-corrected chi connectivity index (χ1v) is 10.6. The zero-order valence-electron chi connectivity index (χ0n) is 17.7. The van der Waals surface area contributed by atoms with E-state index in [-0.39, 0.29) is 29.8 Å². The second-order valence-corrected chi connectivity index (χ2v) is 8.77. The molecule has 0 atom stereocenters. The molecule has 160 valence electrons. The Labute approximate surface area is 194 Å². The van der Waals surface area contributed by atoms with Gasteiger partial charge in [-0.1, -0.05) is 6.07 Å². The van der Waals surface area contributed by atoms with E-state index < -0.39 is 0 Å².